The van der Waals surface area contributed by atoms with Gasteiger partial charge in [-0.3, -0.25) is 0 Å². The third-order valence-corrected chi connectivity index (χ3v) is 4.44. The summed E-state index contributed by atoms with van der Waals surface area (Å²) in [6.07, 6.45) is 1.28. The van der Waals surface area contributed by atoms with Crippen LogP contribution < -0.4 is 0 Å². The molecule has 0 N–H and O–H groups in total. The van der Waals surface area contributed by atoms with E-state index >= 15 is 0 Å². The standard InChI is InChI=1S/C21H20ClN3/c1-15(2)14-16-8-10-17(11-9-16)20-19(12-13-23)21(22)25(24-20)18-6-4-3-5-7-18/h3-11,15H,12,14H2,1-2H3. The van der Waals surface area contributed by atoms with Gasteiger partial charge < -0.3 is 0 Å². The van der Waals surface area contributed by atoms with Crippen LogP contribution in [0.1, 0.15) is 25.0 Å². The molecule has 3 nitrogen and oxygen atoms in total. The van der Waals surface area contributed by atoms with Gasteiger partial charge in [-0.1, -0.05) is 67.9 Å². The average molecular weight is 350 g/mol. The number of hydrogen-bond acceptors (Lipinski definition) is 2. The van der Waals surface area contributed by atoms with Crippen LogP contribution >= 0.6 is 11.6 Å². The summed E-state index contributed by atoms with van der Waals surface area (Å²) in [5, 5.41) is 14.4. The molecule has 0 aliphatic rings. The molecule has 0 aliphatic carbocycles. The van der Waals surface area contributed by atoms with Crippen LogP contribution in [0.4, 0.5) is 0 Å². The van der Waals surface area contributed by atoms with Crippen LogP contribution in [-0.2, 0) is 12.8 Å². The molecule has 0 radical (unpaired) electrons. The Morgan fingerprint density at radius 3 is 2.36 bits per heavy atom. The van der Waals surface area contributed by atoms with Gasteiger partial charge >= 0.3 is 0 Å². The van der Waals surface area contributed by atoms with E-state index < -0.39 is 0 Å². The lowest BCUT2D eigenvalue weighted by Crippen LogP contribution is -1.96. The van der Waals surface area contributed by atoms with Crippen LogP contribution in [0.15, 0.2) is 54.6 Å². The summed E-state index contributed by atoms with van der Waals surface area (Å²) in [4.78, 5) is 0. The molecule has 3 rings (SSSR count). The summed E-state index contributed by atoms with van der Waals surface area (Å²) in [6.45, 7) is 4.42. The minimum Gasteiger partial charge on any atom is -0.221 e. The van der Waals surface area contributed by atoms with Crippen molar-refractivity contribution in [2.45, 2.75) is 26.7 Å². The van der Waals surface area contributed by atoms with Gasteiger partial charge in [0.05, 0.1) is 23.9 Å². The normalized spacial score (nSPS) is 10.8. The first-order chi connectivity index (χ1) is 12.1. The monoisotopic (exact) mass is 349 g/mol. The molecule has 1 heterocycles. The summed E-state index contributed by atoms with van der Waals surface area (Å²) in [5.41, 5.74) is 4.70. The highest BCUT2D eigenvalue weighted by Gasteiger charge is 2.18. The Morgan fingerprint density at radius 2 is 1.76 bits per heavy atom. The van der Waals surface area contributed by atoms with Gasteiger partial charge in [0.25, 0.3) is 0 Å². The summed E-state index contributed by atoms with van der Waals surface area (Å²) >= 11 is 6.54. The van der Waals surface area contributed by atoms with Gasteiger partial charge in [-0.15, -0.1) is 0 Å². The van der Waals surface area contributed by atoms with Gasteiger partial charge in [0, 0.05) is 11.1 Å². The van der Waals surface area contributed by atoms with E-state index in [4.69, 9.17) is 16.7 Å². The van der Waals surface area contributed by atoms with Gasteiger partial charge in [-0.05, 0) is 30.0 Å². The van der Waals surface area contributed by atoms with Crippen molar-refractivity contribution in [1.82, 2.24) is 9.78 Å². The van der Waals surface area contributed by atoms with E-state index in [1.807, 2.05) is 30.3 Å². The highest BCUT2D eigenvalue weighted by molar-refractivity contribution is 6.31. The number of benzene rings is 2. The fourth-order valence-corrected chi connectivity index (χ4v) is 3.20. The van der Waals surface area contributed by atoms with Gasteiger partial charge in [-0.25, -0.2) is 4.68 Å². The molecule has 0 unspecified atom stereocenters. The molecular formula is C21H20ClN3. The predicted octanol–water partition coefficient (Wildman–Crippen LogP) is 5.46. The first-order valence-electron chi connectivity index (χ1n) is 8.39. The Morgan fingerprint density at radius 1 is 1.08 bits per heavy atom. The van der Waals surface area contributed by atoms with Crippen molar-refractivity contribution < 1.29 is 0 Å². The molecule has 1 aromatic heterocycles. The molecule has 0 atom stereocenters. The molecule has 4 heteroatoms. The predicted molar refractivity (Wildman–Crippen MR) is 102 cm³/mol. The smallest absolute Gasteiger partial charge is 0.137 e. The van der Waals surface area contributed by atoms with Crippen molar-refractivity contribution in [2.24, 2.45) is 5.92 Å². The van der Waals surface area contributed by atoms with Crippen molar-refractivity contribution >= 4 is 11.6 Å². The molecule has 2 aromatic carbocycles. The first-order valence-corrected chi connectivity index (χ1v) is 8.77. The number of hydrogen-bond donors (Lipinski definition) is 0. The molecule has 0 amide bonds. The summed E-state index contributed by atoms with van der Waals surface area (Å²) < 4.78 is 1.70. The van der Waals surface area contributed by atoms with Gasteiger partial charge in [0.1, 0.15) is 5.15 Å². The Balaban J connectivity index is 2.05. The second kappa shape index (κ2) is 7.55. The van der Waals surface area contributed by atoms with Crippen molar-refractivity contribution in [2.75, 3.05) is 0 Å². The maximum atomic E-state index is 9.19. The summed E-state index contributed by atoms with van der Waals surface area (Å²) in [6, 6.07) is 20.3. The van der Waals surface area contributed by atoms with E-state index in [2.05, 4.69) is 44.2 Å². The fraction of sp³-hybridized carbons (Fsp3) is 0.238. The number of nitrogens with zero attached hydrogens (tertiary/aromatic N) is 3. The summed E-state index contributed by atoms with van der Waals surface area (Å²) in [7, 11) is 0. The molecule has 0 saturated heterocycles. The largest absolute Gasteiger partial charge is 0.221 e. The maximum Gasteiger partial charge on any atom is 0.137 e. The number of rotatable bonds is 5. The highest BCUT2D eigenvalue weighted by Crippen LogP contribution is 2.31. The van der Waals surface area contributed by atoms with E-state index in [0.717, 1.165) is 28.9 Å². The van der Waals surface area contributed by atoms with Crippen molar-refractivity contribution in [3.8, 4) is 23.0 Å². The highest BCUT2D eigenvalue weighted by atomic mass is 35.5. The molecule has 0 fully saturated rings. The topological polar surface area (TPSA) is 41.6 Å². The zero-order valence-corrected chi connectivity index (χ0v) is 15.2. The molecule has 0 saturated carbocycles. The average Bonchev–Trinajstić information content (AvgIpc) is 2.93. The van der Waals surface area contributed by atoms with E-state index in [-0.39, 0.29) is 6.42 Å². The Hall–Kier alpha value is -2.57. The van der Waals surface area contributed by atoms with E-state index in [9.17, 15) is 5.26 Å². The molecule has 25 heavy (non-hydrogen) atoms. The molecular weight excluding hydrogens is 330 g/mol. The lowest BCUT2D eigenvalue weighted by molar-refractivity contribution is 0.647. The molecule has 0 bridgehead atoms. The van der Waals surface area contributed by atoms with Crippen LogP contribution in [0.2, 0.25) is 5.15 Å². The quantitative estimate of drug-likeness (QED) is 0.614. The molecule has 3 aromatic rings. The van der Waals surface area contributed by atoms with Crippen LogP contribution in [0, 0.1) is 17.2 Å². The number of halogens is 1. The lowest BCUT2D eigenvalue weighted by atomic mass is 10.00. The third-order valence-electron chi connectivity index (χ3n) is 4.05. The third kappa shape index (κ3) is 3.75. The van der Waals surface area contributed by atoms with Crippen LogP contribution in [0.5, 0.6) is 0 Å². The van der Waals surface area contributed by atoms with Crippen molar-refractivity contribution in [3.63, 3.8) is 0 Å². The number of aromatic nitrogens is 2. The van der Waals surface area contributed by atoms with Crippen molar-refractivity contribution in [1.29, 1.82) is 5.26 Å². The Kier molecular flexibility index (Phi) is 5.21. The molecule has 126 valence electrons. The van der Waals surface area contributed by atoms with Gasteiger partial charge in [-0.2, -0.15) is 10.4 Å². The van der Waals surface area contributed by atoms with E-state index in [1.165, 1.54) is 5.56 Å². The van der Waals surface area contributed by atoms with Crippen LogP contribution in [0.3, 0.4) is 0 Å². The maximum absolute atomic E-state index is 9.19. The SMILES string of the molecule is CC(C)Cc1ccc(-c2nn(-c3ccccc3)c(Cl)c2CC#N)cc1. The van der Waals surface area contributed by atoms with Crippen LogP contribution in [0.25, 0.3) is 16.9 Å². The van der Waals surface area contributed by atoms with Crippen LogP contribution in [-0.4, -0.2) is 9.78 Å². The summed E-state index contributed by atoms with van der Waals surface area (Å²) in [5.74, 6) is 0.617. The minimum absolute atomic E-state index is 0.231. The lowest BCUT2D eigenvalue weighted by Gasteiger charge is -2.06. The second-order valence-electron chi connectivity index (χ2n) is 6.50. The van der Waals surface area contributed by atoms with E-state index in [1.54, 1.807) is 4.68 Å². The zero-order chi connectivity index (χ0) is 17.8. The fourth-order valence-electron chi connectivity index (χ4n) is 2.91. The molecule has 0 aliphatic heterocycles. The molecule has 0 spiro atoms. The van der Waals surface area contributed by atoms with E-state index in [0.29, 0.717) is 11.1 Å². The number of para-hydroxylation sites is 1. The Labute approximate surface area is 153 Å². The van der Waals surface area contributed by atoms with Gasteiger partial charge in [0.15, 0.2) is 0 Å². The zero-order valence-electron chi connectivity index (χ0n) is 14.4. The minimum atomic E-state index is 0.231. The van der Waals surface area contributed by atoms with Crippen molar-refractivity contribution in [3.05, 3.63) is 70.9 Å². The second-order valence-corrected chi connectivity index (χ2v) is 6.85. The van der Waals surface area contributed by atoms with Gasteiger partial charge in [0.2, 0.25) is 0 Å². The first kappa shape index (κ1) is 17.3. The number of nitriles is 1. The Bertz CT molecular complexity index is 887.